The van der Waals surface area contributed by atoms with E-state index in [1.165, 1.54) is 0 Å². The monoisotopic (exact) mass is 390 g/mol. The van der Waals surface area contributed by atoms with Crippen LogP contribution in [0.3, 0.4) is 0 Å². The molecule has 136 valence electrons. The molecule has 0 unspecified atom stereocenters. The largest absolute Gasteiger partial charge is 0.491 e. The molecule has 5 nitrogen and oxygen atoms in total. The Morgan fingerprint density at radius 2 is 2.08 bits per heavy atom. The summed E-state index contributed by atoms with van der Waals surface area (Å²) in [6.07, 6.45) is 2.32. The summed E-state index contributed by atoms with van der Waals surface area (Å²) in [7, 11) is 0. The normalized spacial score (nSPS) is 16.1. The van der Waals surface area contributed by atoms with Crippen LogP contribution in [0.2, 0.25) is 5.02 Å². The minimum Gasteiger partial charge on any atom is -0.491 e. The number of benzene rings is 2. The summed E-state index contributed by atoms with van der Waals surface area (Å²) in [5, 5.41) is 6.30. The average molecular weight is 391 g/mol. The molecule has 1 aliphatic rings. The Kier molecular flexibility index (Phi) is 6.44. The van der Waals surface area contributed by atoms with Crippen molar-refractivity contribution in [3.8, 4) is 5.75 Å². The fraction of sp³-hybridized carbons (Fsp3) is 0.263. The smallest absolute Gasteiger partial charge is 0.257 e. The lowest BCUT2D eigenvalue weighted by Gasteiger charge is -2.13. The summed E-state index contributed by atoms with van der Waals surface area (Å²) in [6, 6.07) is 14.0. The number of ether oxygens (including phenoxy) is 2. The average Bonchev–Trinajstić information content (AvgIpc) is 3.14. The molecule has 0 bridgehead atoms. The molecule has 2 N–H and O–H groups in total. The first-order valence-corrected chi connectivity index (χ1v) is 9.11. The number of anilines is 1. The molecule has 0 aliphatic carbocycles. The Balaban J connectivity index is 1.48. The van der Waals surface area contributed by atoms with Crippen molar-refractivity contribution in [2.45, 2.75) is 18.9 Å². The van der Waals surface area contributed by atoms with Gasteiger partial charge in [-0.2, -0.15) is 0 Å². The van der Waals surface area contributed by atoms with E-state index in [-0.39, 0.29) is 17.1 Å². The van der Waals surface area contributed by atoms with E-state index in [0.29, 0.717) is 17.2 Å². The number of carbonyl (C=O) groups excluding carboxylic acids is 1. The van der Waals surface area contributed by atoms with E-state index in [0.717, 1.165) is 30.9 Å². The van der Waals surface area contributed by atoms with E-state index in [4.69, 9.17) is 33.3 Å². The van der Waals surface area contributed by atoms with E-state index in [1.54, 1.807) is 24.3 Å². The summed E-state index contributed by atoms with van der Waals surface area (Å²) in [5.74, 6) is 0.446. The van der Waals surface area contributed by atoms with E-state index < -0.39 is 0 Å². The van der Waals surface area contributed by atoms with E-state index >= 15 is 0 Å². The quantitative estimate of drug-likeness (QED) is 0.755. The zero-order valence-corrected chi connectivity index (χ0v) is 15.6. The molecule has 1 heterocycles. The number of amides is 1. The number of hydrogen-bond donors (Lipinski definition) is 2. The van der Waals surface area contributed by atoms with Gasteiger partial charge in [-0.1, -0.05) is 17.7 Å². The predicted octanol–water partition coefficient (Wildman–Crippen LogP) is 4.02. The molecule has 2 aromatic rings. The van der Waals surface area contributed by atoms with Crippen LogP contribution in [0.15, 0.2) is 48.5 Å². The summed E-state index contributed by atoms with van der Waals surface area (Å²) >= 11 is 11.1. The minimum absolute atomic E-state index is 0.182. The third-order valence-corrected chi connectivity index (χ3v) is 4.33. The van der Waals surface area contributed by atoms with Gasteiger partial charge in [-0.05, 0) is 67.5 Å². The second kappa shape index (κ2) is 8.98. The van der Waals surface area contributed by atoms with E-state index in [2.05, 4.69) is 10.6 Å². The highest BCUT2D eigenvalue weighted by Gasteiger charge is 2.16. The van der Waals surface area contributed by atoms with Gasteiger partial charge in [0.1, 0.15) is 12.4 Å². The highest BCUT2D eigenvalue weighted by atomic mass is 35.5. The molecule has 3 rings (SSSR count). The van der Waals surface area contributed by atoms with Crippen molar-refractivity contribution in [2.24, 2.45) is 0 Å². The number of halogens is 1. The van der Waals surface area contributed by atoms with Crippen molar-refractivity contribution in [3.63, 3.8) is 0 Å². The molecule has 0 saturated carbocycles. The van der Waals surface area contributed by atoms with Gasteiger partial charge < -0.3 is 14.8 Å². The molecule has 1 atom stereocenters. The highest BCUT2D eigenvalue weighted by molar-refractivity contribution is 7.80. The topological polar surface area (TPSA) is 59.6 Å². The zero-order valence-electron chi connectivity index (χ0n) is 14.0. The number of hydrogen-bond acceptors (Lipinski definition) is 4. The van der Waals surface area contributed by atoms with Crippen molar-refractivity contribution < 1.29 is 14.3 Å². The summed E-state index contributed by atoms with van der Waals surface area (Å²) in [6.45, 7) is 1.37. The van der Waals surface area contributed by atoms with Gasteiger partial charge in [0.05, 0.1) is 6.10 Å². The van der Waals surface area contributed by atoms with Crippen molar-refractivity contribution in [1.82, 2.24) is 5.32 Å². The van der Waals surface area contributed by atoms with Crippen LogP contribution in [0.25, 0.3) is 0 Å². The molecule has 1 amide bonds. The fourth-order valence-electron chi connectivity index (χ4n) is 2.57. The van der Waals surface area contributed by atoms with Gasteiger partial charge in [-0.3, -0.25) is 10.1 Å². The van der Waals surface area contributed by atoms with Crippen LogP contribution in [-0.2, 0) is 4.74 Å². The highest BCUT2D eigenvalue weighted by Crippen LogP contribution is 2.18. The molecule has 2 aromatic carbocycles. The Morgan fingerprint density at radius 1 is 1.27 bits per heavy atom. The standard InChI is InChI=1S/C19H19ClN2O3S/c20-14-4-1-3-13(11-14)18(23)22-19(26)21-15-6-8-16(9-7-15)25-12-17-5-2-10-24-17/h1,3-4,6-9,11,17H,2,5,10,12H2,(H2,21,22,23,26)/t17-/m1/s1. The number of carbonyl (C=O) groups is 1. The molecular weight excluding hydrogens is 372 g/mol. The van der Waals surface area contributed by atoms with Crippen LogP contribution in [-0.4, -0.2) is 30.3 Å². The van der Waals surface area contributed by atoms with Gasteiger partial charge in [0.15, 0.2) is 5.11 Å². The first kappa shape index (κ1) is 18.6. The molecular formula is C19H19ClN2O3S. The van der Waals surface area contributed by atoms with Crippen LogP contribution in [0.4, 0.5) is 5.69 Å². The van der Waals surface area contributed by atoms with Crippen LogP contribution < -0.4 is 15.4 Å². The lowest BCUT2D eigenvalue weighted by molar-refractivity contribution is 0.0679. The third kappa shape index (κ3) is 5.42. The molecule has 1 fully saturated rings. The Morgan fingerprint density at radius 3 is 2.77 bits per heavy atom. The zero-order chi connectivity index (χ0) is 18.4. The van der Waals surface area contributed by atoms with Gasteiger partial charge >= 0.3 is 0 Å². The Bertz CT molecular complexity index is 777. The molecule has 0 radical (unpaired) electrons. The summed E-state index contributed by atoms with van der Waals surface area (Å²) < 4.78 is 11.2. The van der Waals surface area contributed by atoms with Gasteiger partial charge in [0, 0.05) is 22.9 Å². The second-order valence-electron chi connectivity index (χ2n) is 5.89. The lowest BCUT2D eigenvalue weighted by Crippen LogP contribution is -2.34. The minimum atomic E-state index is -0.318. The fourth-order valence-corrected chi connectivity index (χ4v) is 2.97. The number of thiocarbonyl (C=S) groups is 1. The maximum absolute atomic E-state index is 12.1. The van der Waals surface area contributed by atoms with Crippen LogP contribution >= 0.6 is 23.8 Å². The van der Waals surface area contributed by atoms with Gasteiger partial charge in [-0.25, -0.2) is 0 Å². The van der Waals surface area contributed by atoms with Crippen molar-refractivity contribution >= 4 is 40.5 Å². The van der Waals surface area contributed by atoms with E-state index in [1.807, 2.05) is 24.3 Å². The third-order valence-electron chi connectivity index (χ3n) is 3.89. The summed E-state index contributed by atoms with van der Waals surface area (Å²) in [4.78, 5) is 12.1. The SMILES string of the molecule is O=C(NC(=S)Nc1ccc(OC[C@H]2CCCO2)cc1)c1cccc(Cl)c1. The van der Waals surface area contributed by atoms with Gasteiger partial charge in [0.2, 0.25) is 0 Å². The Hall–Kier alpha value is -2.15. The van der Waals surface area contributed by atoms with Crippen LogP contribution in [0.5, 0.6) is 5.75 Å². The predicted molar refractivity (Wildman–Crippen MR) is 106 cm³/mol. The molecule has 0 spiro atoms. The van der Waals surface area contributed by atoms with Crippen molar-refractivity contribution in [3.05, 3.63) is 59.1 Å². The number of rotatable bonds is 5. The second-order valence-corrected chi connectivity index (χ2v) is 6.73. The van der Waals surface area contributed by atoms with Gasteiger partial charge in [-0.15, -0.1) is 0 Å². The molecule has 0 aromatic heterocycles. The maximum atomic E-state index is 12.1. The molecule has 1 aliphatic heterocycles. The van der Waals surface area contributed by atoms with E-state index in [9.17, 15) is 4.79 Å². The summed E-state index contributed by atoms with van der Waals surface area (Å²) in [5.41, 5.74) is 1.20. The van der Waals surface area contributed by atoms with Crippen molar-refractivity contribution in [2.75, 3.05) is 18.5 Å². The van der Waals surface area contributed by atoms with Gasteiger partial charge in [0.25, 0.3) is 5.91 Å². The Labute approximate surface area is 162 Å². The van der Waals surface area contributed by atoms with Crippen LogP contribution in [0.1, 0.15) is 23.2 Å². The molecule has 1 saturated heterocycles. The first-order chi connectivity index (χ1) is 12.6. The lowest BCUT2D eigenvalue weighted by atomic mass is 10.2. The van der Waals surface area contributed by atoms with Crippen molar-refractivity contribution in [1.29, 1.82) is 0 Å². The first-order valence-electron chi connectivity index (χ1n) is 8.32. The molecule has 7 heteroatoms. The molecule has 26 heavy (non-hydrogen) atoms. The van der Waals surface area contributed by atoms with Crippen LogP contribution in [0, 0.1) is 0 Å². The number of nitrogens with one attached hydrogen (secondary N) is 2. The maximum Gasteiger partial charge on any atom is 0.257 e.